The van der Waals surface area contributed by atoms with Crippen LogP contribution in [0, 0.1) is 0 Å². The second-order valence-electron chi connectivity index (χ2n) is 4.91. The standard InChI is InChI=1S/C12H19N7/c1-2-5-19-12(14-8-16-19)7-18-9-15-11(17-18)6-13-10-3-4-10/h8-10,13H,2-7H2,1H3. The third kappa shape index (κ3) is 3.17. The summed E-state index contributed by atoms with van der Waals surface area (Å²) >= 11 is 0. The Balaban J connectivity index is 1.60. The van der Waals surface area contributed by atoms with Crippen LogP contribution < -0.4 is 5.32 Å². The first kappa shape index (κ1) is 12.3. The van der Waals surface area contributed by atoms with Crippen molar-refractivity contribution in [3.8, 4) is 0 Å². The monoisotopic (exact) mass is 261 g/mol. The lowest BCUT2D eigenvalue weighted by atomic mass is 10.5. The predicted molar refractivity (Wildman–Crippen MR) is 69.3 cm³/mol. The maximum absolute atomic E-state index is 4.45. The Morgan fingerprint density at radius 1 is 1.37 bits per heavy atom. The molecule has 0 aliphatic heterocycles. The molecule has 7 heteroatoms. The van der Waals surface area contributed by atoms with Gasteiger partial charge in [-0.25, -0.2) is 19.3 Å². The molecule has 1 N–H and O–H groups in total. The molecule has 1 saturated carbocycles. The smallest absolute Gasteiger partial charge is 0.164 e. The molecule has 2 aromatic rings. The summed E-state index contributed by atoms with van der Waals surface area (Å²) in [5.41, 5.74) is 0. The average Bonchev–Trinajstić information content (AvgIpc) is 2.98. The van der Waals surface area contributed by atoms with Crippen LogP contribution in [0.4, 0.5) is 0 Å². The molecular weight excluding hydrogens is 242 g/mol. The van der Waals surface area contributed by atoms with Crippen LogP contribution in [-0.4, -0.2) is 35.6 Å². The Kier molecular flexibility index (Phi) is 3.54. The lowest BCUT2D eigenvalue weighted by molar-refractivity contribution is 0.535. The van der Waals surface area contributed by atoms with Crippen LogP contribution in [0.15, 0.2) is 12.7 Å². The van der Waals surface area contributed by atoms with E-state index in [-0.39, 0.29) is 0 Å². The third-order valence-corrected chi connectivity index (χ3v) is 3.14. The zero-order chi connectivity index (χ0) is 13.1. The highest BCUT2D eigenvalue weighted by molar-refractivity contribution is 4.90. The second kappa shape index (κ2) is 5.48. The molecule has 2 aromatic heterocycles. The number of aromatic nitrogens is 6. The fraction of sp³-hybridized carbons (Fsp3) is 0.667. The van der Waals surface area contributed by atoms with Gasteiger partial charge in [0.05, 0.1) is 6.54 Å². The first-order chi connectivity index (χ1) is 9.35. The Labute approximate surface area is 112 Å². The van der Waals surface area contributed by atoms with E-state index in [2.05, 4.69) is 32.4 Å². The van der Waals surface area contributed by atoms with Gasteiger partial charge in [-0.2, -0.15) is 10.2 Å². The minimum absolute atomic E-state index is 0.621. The summed E-state index contributed by atoms with van der Waals surface area (Å²) in [6.07, 6.45) is 6.96. The van der Waals surface area contributed by atoms with Gasteiger partial charge in [0, 0.05) is 12.6 Å². The summed E-state index contributed by atoms with van der Waals surface area (Å²) < 4.78 is 3.74. The van der Waals surface area contributed by atoms with Crippen LogP contribution in [-0.2, 0) is 19.6 Å². The van der Waals surface area contributed by atoms with Gasteiger partial charge in [0.25, 0.3) is 0 Å². The highest BCUT2D eigenvalue weighted by Gasteiger charge is 2.20. The van der Waals surface area contributed by atoms with Crippen LogP contribution in [0.2, 0.25) is 0 Å². The molecule has 1 fully saturated rings. The van der Waals surface area contributed by atoms with Gasteiger partial charge in [-0.1, -0.05) is 6.92 Å². The topological polar surface area (TPSA) is 73.5 Å². The molecule has 0 unspecified atom stereocenters. The largest absolute Gasteiger partial charge is 0.307 e. The molecule has 0 atom stereocenters. The Hall–Kier alpha value is -1.76. The van der Waals surface area contributed by atoms with Gasteiger partial charge in [0.1, 0.15) is 25.0 Å². The van der Waals surface area contributed by atoms with Crippen molar-refractivity contribution >= 4 is 0 Å². The summed E-state index contributed by atoms with van der Waals surface area (Å²) in [5, 5.41) is 12.1. The van der Waals surface area contributed by atoms with E-state index in [1.54, 1.807) is 12.7 Å². The molecule has 1 aliphatic rings. The van der Waals surface area contributed by atoms with Gasteiger partial charge < -0.3 is 5.32 Å². The van der Waals surface area contributed by atoms with E-state index >= 15 is 0 Å². The quantitative estimate of drug-likeness (QED) is 0.789. The minimum atomic E-state index is 0.621. The van der Waals surface area contributed by atoms with Crippen molar-refractivity contribution in [2.75, 3.05) is 0 Å². The normalized spacial score (nSPS) is 15.0. The van der Waals surface area contributed by atoms with Gasteiger partial charge in [0.15, 0.2) is 5.82 Å². The van der Waals surface area contributed by atoms with Crippen molar-refractivity contribution < 1.29 is 0 Å². The van der Waals surface area contributed by atoms with E-state index < -0.39 is 0 Å². The van der Waals surface area contributed by atoms with E-state index in [1.165, 1.54) is 12.8 Å². The summed E-state index contributed by atoms with van der Waals surface area (Å²) in [6, 6.07) is 0.680. The third-order valence-electron chi connectivity index (χ3n) is 3.14. The highest BCUT2D eigenvalue weighted by Crippen LogP contribution is 2.18. The molecule has 3 rings (SSSR count). The number of hydrogen-bond donors (Lipinski definition) is 1. The molecule has 0 radical (unpaired) electrons. The second-order valence-corrected chi connectivity index (χ2v) is 4.91. The molecule has 0 bridgehead atoms. The zero-order valence-corrected chi connectivity index (χ0v) is 11.2. The van der Waals surface area contributed by atoms with Crippen molar-refractivity contribution in [3.63, 3.8) is 0 Å². The lowest BCUT2D eigenvalue weighted by Gasteiger charge is -2.03. The summed E-state index contributed by atoms with van der Waals surface area (Å²) in [7, 11) is 0. The summed E-state index contributed by atoms with van der Waals surface area (Å²) in [6.45, 7) is 4.39. The van der Waals surface area contributed by atoms with Gasteiger partial charge in [0.2, 0.25) is 0 Å². The van der Waals surface area contributed by atoms with Crippen molar-refractivity contribution in [2.45, 2.75) is 51.9 Å². The first-order valence-electron chi connectivity index (χ1n) is 6.83. The van der Waals surface area contributed by atoms with Crippen LogP contribution in [0.3, 0.4) is 0 Å². The number of rotatable bonds is 7. The lowest BCUT2D eigenvalue weighted by Crippen LogP contribution is -2.17. The maximum atomic E-state index is 4.45. The van der Waals surface area contributed by atoms with E-state index in [9.17, 15) is 0 Å². The van der Waals surface area contributed by atoms with E-state index in [4.69, 9.17) is 0 Å². The van der Waals surface area contributed by atoms with E-state index in [1.807, 2.05) is 9.36 Å². The fourth-order valence-corrected chi connectivity index (χ4v) is 1.97. The van der Waals surface area contributed by atoms with Crippen LogP contribution in [0.1, 0.15) is 37.8 Å². The number of nitrogens with one attached hydrogen (secondary N) is 1. The van der Waals surface area contributed by atoms with Gasteiger partial charge in [-0.15, -0.1) is 0 Å². The van der Waals surface area contributed by atoms with Crippen molar-refractivity contribution in [2.24, 2.45) is 0 Å². The Morgan fingerprint density at radius 2 is 2.26 bits per heavy atom. The van der Waals surface area contributed by atoms with Crippen LogP contribution >= 0.6 is 0 Å². The molecule has 2 heterocycles. The SMILES string of the molecule is CCCn1ncnc1Cn1cnc(CNC2CC2)n1. The molecule has 0 spiro atoms. The molecule has 0 amide bonds. The van der Waals surface area contributed by atoms with Crippen molar-refractivity contribution in [3.05, 3.63) is 24.3 Å². The Morgan fingerprint density at radius 3 is 3.05 bits per heavy atom. The van der Waals surface area contributed by atoms with Gasteiger partial charge in [-0.3, -0.25) is 0 Å². The fourth-order valence-electron chi connectivity index (χ4n) is 1.97. The van der Waals surface area contributed by atoms with Gasteiger partial charge >= 0.3 is 0 Å². The van der Waals surface area contributed by atoms with Crippen LogP contribution in [0.25, 0.3) is 0 Å². The molecule has 19 heavy (non-hydrogen) atoms. The zero-order valence-electron chi connectivity index (χ0n) is 11.2. The highest BCUT2D eigenvalue weighted by atomic mass is 15.4. The number of hydrogen-bond acceptors (Lipinski definition) is 5. The molecular formula is C12H19N7. The van der Waals surface area contributed by atoms with Gasteiger partial charge in [-0.05, 0) is 19.3 Å². The van der Waals surface area contributed by atoms with E-state index in [0.717, 1.165) is 31.2 Å². The number of nitrogens with zero attached hydrogens (tertiary/aromatic N) is 6. The Bertz CT molecular complexity index is 526. The average molecular weight is 261 g/mol. The van der Waals surface area contributed by atoms with Crippen LogP contribution in [0.5, 0.6) is 0 Å². The molecule has 0 aromatic carbocycles. The summed E-state index contributed by atoms with van der Waals surface area (Å²) in [4.78, 5) is 8.58. The first-order valence-corrected chi connectivity index (χ1v) is 6.83. The maximum Gasteiger partial charge on any atom is 0.164 e. The molecule has 102 valence electrons. The van der Waals surface area contributed by atoms with Crippen molar-refractivity contribution in [1.82, 2.24) is 34.8 Å². The predicted octanol–water partition coefficient (Wildman–Crippen LogP) is 0.580. The molecule has 1 aliphatic carbocycles. The minimum Gasteiger partial charge on any atom is -0.307 e. The van der Waals surface area contributed by atoms with Crippen molar-refractivity contribution in [1.29, 1.82) is 0 Å². The number of aryl methyl sites for hydroxylation is 1. The molecule has 7 nitrogen and oxygen atoms in total. The molecule has 0 saturated heterocycles. The van der Waals surface area contributed by atoms with E-state index in [0.29, 0.717) is 12.6 Å². The summed E-state index contributed by atoms with van der Waals surface area (Å²) in [5.74, 6) is 1.77.